The Morgan fingerprint density at radius 3 is 2.27 bits per heavy atom. The summed E-state index contributed by atoms with van der Waals surface area (Å²) >= 11 is 0. The van der Waals surface area contributed by atoms with Crippen LogP contribution >= 0.6 is 0 Å². The van der Waals surface area contributed by atoms with Crippen molar-refractivity contribution in [2.24, 2.45) is 34.5 Å². The maximum absolute atomic E-state index is 13.6. The average Bonchev–Trinajstić information content (AvgIpc) is 3.36. The number of esters is 1. The Morgan fingerprint density at radius 1 is 0.942 bits per heavy atom. The van der Waals surface area contributed by atoms with Crippen LogP contribution in [-0.2, 0) is 14.3 Å². The van der Waals surface area contributed by atoms with E-state index in [0.29, 0.717) is 32.1 Å². The normalized spacial score (nSPS) is 34.5. The molecule has 296 valence electrons. The lowest BCUT2D eigenvalue weighted by atomic mass is 9.46. The number of hydrogen-bond donors (Lipinski definition) is 4. The van der Waals surface area contributed by atoms with E-state index in [1.54, 1.807) is 19.9 Å². The van der Waals surface area contributed by atoms with Gasteiger partial charge in [0.05, 0.1) is 23.4 Å². The number of allylic oxidation sites excluding steroid dienone is 5. The van der Waals surface area contributed by atoms with Crippen LogP contribution in [0, 0.1) is 34.5 Å². The van der Waals surface area contributed by atoms with Gasteiger partial charge in [-0.25, -0.2) is 0 Å². The molecule has 0 aromatic heterocycles. The van der Waals surface area contributed by atoms with E-state index < -0.39 is 34.2 Å². The van der Waals surface area contributed by atoms with Gasteiger partial charge in [0.2, 0.25) is 0 Å². The summed E-state index contributed by atoms with van der Waals surface area (Å²) in [6.07, 6.45) is 26.0. The highest BCUT2D eigenvalue weighted by Crippen LogP contribution is 2.68. The Bertz CT molecular complexity index is 1260. The topological polar surface area (TPSA) is 124 Å². The number of carbonyl (C=O) groups is 2. The fourth-order valence-electron chi connectivity index (χ4n) is 10.7. The van der Waals surface area contributed by atoms with Crippen molar-refractivity contribution < 1.29 is 34.8 Å². The summed E-state index contributed by atoms with van der Waals surface area (Å²) in [5, 5.41) is 44.4. The molecule has 52 heavy (non-hydrogen) atoms. The lowest BCUT2D eigenvalue weighted by molar-refractivity contribution is -0.162. The van der Waals surface area contributed by atoms with Crippen LogP contribution in [0.15, 0.2) is 36.0 Å². The lowest BCUT2D eigenvalue weighted by Gasteiger charge is -2.60. The molecule has 1 unspecified atom stereocenters. The first kappa shape index (κ1) is 42.9. The quantitative estimate of drug-likeness (QED) is 0.0561. The summed E-state index contributed by atoms with van der Waals surface area (Å²) in [4.78, 5) is 26.8. The van der Waals surface area contributed by atoms with Gasteiger partial charge >= 0.3 is 5.97 Å². The van der Waals surface area contributed by atoms with E-state index in [9.17, 15) is 30.0 Å². The minimum absolute atomic E-state index is 0.0305. The molecule has 4 aliphatic rings. The molecule has 4 aliphatic carbocycles. The third kappa shape index (κ3) is 10.1. The average molecular weight is 727 g/mol. The Kier molecular flexibility index (Phi) is 15.4. The van der Waals surface area contributed by atoms with Crippen molar-refractivity contribution in [3.63, 3.8) is 0 Å². The Labute approximate surface area is 315 Å². The van der Waals surface area contributed by atoms with Crippen LogP contribution in [0.25, 0.3) is 0 Å². The Hall–Kier alpha value is -1.80. The maximum Gasteiger partial charge on any atom is 0.306 e. The molecule has 3 saturated carbocycles. The molecule has 0 aromatic rings. The molecule has 0 aromatic carbocycles. The molecule has 0 heterocycles. The maximum atomic E-state index is 13.6. The van der Waals surface area contributed by atoms with Crippen molar-refractivity contribution in [3.8, 4) is 0 Å². The van der Waals surface area contributed by atoms with Crippen LogP contribution in [0.3, 0.4) is 0 Å². The third-order valence-electron chi connectivity index (χ3n) is 14.1. The zero-order valence-electron chi connectivity index (χ0n) is 33.6. The van der Waals surface area contributed by atoms with Crippen molar-refractivity contribution in [1.29, 1.82) is 0 Å². The highest BCUT2D eigenvalue weighted by atomic mass is 16.5. The molecule has 3 fully saturated rings. The zero-order valence-corrected chi connectivity index (χ0v) is 33.6. The first-order valence-electron chi connectivity index (χ1n) is 21.1. The summed E-state index contributed by atoms with van der Waals surface area (Å²) in [6, 6.07) is 0. The van der Waals surface area contributed by atoms with Gasteiger partial charge in [0, 0.05) is 17.8 Å². The monoisotopic (exact) mass is 727 g/mol. The number of hydrogen-bond acceptors (Lipinski definition) is 7. The number of aliphatic hydroxyl groups is 4. The number of aliphatic hydroxyl groups excluding tert-OH is 2. The predicted octanol–water partition coefficient (Wildman–Crippen LogP) is 9.10. The van der Waals surface area contributed by atoms with E-state index >= 15 is 0 Å². The van der Waals surface area contributed by atoms with E-state index in [-0.39, 0.29) is 47.9 Å². The van der Waals surface area contributed by atoms with Crippen LogP contribution in [0.1, 0.15) is 170 Å². The molecule has 0 bridgehead atoms. The van der Waals surface area contributed by atoms with Crippen LogP contribution in [0.2, 0.25) is 0 Å². The predicted molar refractivity (Wildman–Crippen MR) is 208 cm³/mol. The van der Waals surface area contributed by atoms with Crippen molar-refractivity contribution in [1.82, 2.24) is 0 Å². The molecule has 7 heteroatoms. The Morgan fingerprint density at radius 2 is 1.60 bits per heavy atom. The number of carbonyl (C=O) groups excluding carboxylic acids is 2. The van der Waals surface area contributed by atoms with Crippen molar-refractivity contribution >= 4 is 11.8 Å². The van der Waals surface area contributed by atoms with Gasteiger partial charge in [0.15, 0.2) is 5.78 Å². The molecule has 0 saturated heterocycles. The van der Waals surface area contributed by atoms with Crippen molar-refractivity contribution in [2.75, 3.05) is 0 Å². The molecular weight excluding hydrogens is 652 g/mol. The smallest absolute Gasteiger partial charge is 0.306 e. The van der Waals surface area contributed by atoms with Gasteiger partial charge in [0.1, 0.15) is 6.10 Å². The van der Waals surface area contributed by atoms with Gasteiger partial charge in [0.25, 0.3) is 0 Å². The summed E-state index contributed by atoms with van der Waals surface area (Å²) in [5.74, 6) is -0.585. The van der Waals surface area contributed by atoms with Gasteiger partial charge in [-0.05, 0) is 139 Å². The van der Waals surface area contributed by atoms with Gasteiger partial charge < -0.3 is 25.2 Å². The molecule has 0 amide bonds. The molecule has 7 nitrogen and oxygen atoms in total. The first-order chi connectivity index (χ1) is 24.6. The molecule has 0 spiro atoms. The van der Waals surface area contributed by atoms with Crippen molar-refractivity contribution in [3.05, 3.63) is 36.0 Å². The second-order valence-corrected chi connectivity index (χ2v) is 18.4. The van der Waals surface area contributed by atoms with Crippen LogP contribution in [0.5, 0.6) is 0 Å². The summed E-state index contributed by atoms with van der Waals surface area (Å²) < 4.78 is 6.26. The molecule has 4 rings (SSSR count). The van der Waals surface area contributed by atoms with E-state index in [1.165, 1.54) is 32.1 Å². The minimum Gasteiger partial charge on any atom is -0.462 e. The molecule has 0 radical (unpaired) electrons. The van der Waals surface area contributed by atoms with E-state index in [2.05, 4.69) is 52.0 Å². The van der Waals surface area contributed by atoms with E-state index in [0.717, 1.165) is 63.4 Å². The zero-order chi connectivity index (χ0) is 38.2. The number of ether oxygens (including phenoxy) is 1. The summed E-state index contributed by atoms with van der Waals surface area (Å²) in [7, 11) is 0. The second kappa shape index (κ2) is 18.7. The van der Waals surface area contributed by atoms with Crippen LogP contribution < -0.4 is 0 Å². The highest BCUT2D eigenvalue weighted by Gasteiger charge is 2.67. The van der Waals surface area contributed by atoms with Gasteiger partial charge in [-0.3, -0.25) is 9.59 Å². The van der Waals surface area contributed by atoms with Crippen LogP contribution in [-0.4, -0.2) is 61.7 Å². The molecule has 4 N–H and O–H groups in total. The lowest BCUT2D eigenvalue weighted by Crippen LogP contribution is -2.61. The highest BCUT2D eigenvalue weighted by molar-refractivity contribution is 5.95. The minimum atomic E-state index is -1.16. The van der Waals surface area contributed by atoms with Crippen LogP contribution in [0.4, 0.5) is 0 Å². The van der Waals surface area contributed by atoms with Gasteiger partial charge in [-0.15, -0.1) is 0 Å². The van der Waals surface area contributed by atoms with Crippen molar-refractivity contribution in [2.45, 2.75) is 199 Å². The SMILES string of the molecule is CCCCC/C=C\C/C=C\CCCCCCCC(=O)OC(CCC(C)(C)O)[C@@H](C)[C@H]1CC[C@@]2(O)C3=CC(=O)[C@@H]4C[C@@H](O)[C@@H](O)C[C@]4(C)[C@H]3CC[C@]12C. The fourth-order valence-corrected chi connectivity index (χ4v) is 10.7. The first-order valence-corrected chi connectivity index (χ1v) is 21.1. The molecule has 0 aliphatic heterocycles. The van der Waals surface area contributed by atoms with E-state index in [4.69, 9.17) is 4.74 Å². The van der Waals surface area contributed by atoms with Gasteiger partial charge in [-0.2, -0.15) is 0 Å². The largest absolute Gasteiger partial charge is 0.462 e. The standard InChI is InChI=1S/C45H74O7/c1-7-8-9-10-11-12-13-14-15-16-17-18-19-20-21-22-41(49)52-40(25-26-42(3,4)50)32(2)33-24-28-45(51)35-29-37(46)36-30-38(47)39(48)31-43(36,5)34(35)23-27-44(33,45)6/h11-12,14-15,29,32-34,36,38-40,47-48,50-51H,7-10,13,16-28,30-31H2,1-6H3/b12-11-,15-14-/t32-,33+,34-,36-,38+,39-,40?,43+,44+,45+/m0/s1. The number of unbranched alkanes of at least 4 members (excludes halogenated alkanes) is 8. The third-order valence-corrected chi connectivity index (χ3v) is 14.1. The Balaban J connectivity index is 1.31. The summed E-state index contributed by atoms with van der Waals surface area (Å²) in [6.45, 7) is 12.2. The number of rotatable bonds is 20. The van der Waals surface area contributed by atoms with E-state index in [1.807, 2.05) is 0 Å². The fraction of sp³-hybridized carbons (Fsp3) is 0.822. The summed E-state index contributed by atoms with van der Waals surface area (Å²) in [5.41, 5.74) is -2.25. The van der Waals surface area contributed by atoms with Gasteiger partial charge in [-0.1, -0.05) is 84.1 Å². The molecular formula is C45H74O7. The molecule has 10 atom stereocenters. The number of ketones is 1. The number of fused-ring (bicyclic) bond motifs is 5. The second-order valence-electron chi connectivity index (χ2n) is 18.4.